The molecule has 2 unspecified atom stereocenters. The topological polar surface area (TPSA) is 68.5 Å². The van der Waals surface area contributed by atoms with E-state index in [1.807, 2.05) is 19.2 Å². The number of nitrogens with zero attached hydrogens (tertiary/aromatic N) is 2. The zero-order chi connectivity index (χ0) is 17.9. The number of likely N-dealkylation sites (tertiary alicyclic amines) is 1. The maximum atomic E-state index is 11.6. The van der Waals surface area contributed by atoms with Crippen LogP contribution in [0.3, 0.4) is 0 Å². The Balaban J connectivity index is 0.00000180. The Morgan fingerprint density at radius 1 is 1.22 bits per heavy atom. The number of methoxy groups -OCH3 is 1. The first-order valence-electron chi connectivity index (χ1n) is 10.2. The number of amides is 1. The molecule has 5 nitrogen and oxygen atoms in total. The molecule has 2 heterocycles. The van der Waals surface area contributed by atoms with Gasteiger partial charge in [0.25, 0.3) is 5.91 Å². The number of fused-ring (bicyclic) bond motifs is 3. The van der Waals surface area contributed by atoms with E-state index in [1.54, 1.807) is 6.20 Å². The van der Waals surface area contributed by atoms with E-state index in [1.165, 1.54) is 38.5 Å². The molecule has 2 N–H and O–H groups in total. The summed E-state index contributed by atoms with van der Waals surface area (Å²) in [6.45, 7) is 2.23. The van der Waals surface area contributed by atoms with Crippen molar-refractivity contribution in [2.24, 2.45) is 29.4 Å². The summed E-state index contributed by atoms with van der Waals surface area (Å²) in [5.74, 6) is 2.52. The average molecular weight is 392 g/mol. The van der Waals surface area contributed by atoms with E-state index in [0.29, 0.717) is 17.5 Å². The van der Waals surface area contributed by atoms with Crippen molar-refractivity contribution in [1.29, 1.82) is 0 Å². The second-order valence-corrected chi connectivity index (χ2v) is 8.95. The third kappa shape index (κ3) is 2.99. The SMILES string of the molecule is COC1(c2ccnc(C(N)=O)c2)[C@@H]2CCC[C@H]1CN(C1C[C@@H]3C[C@@H]3C1)C2.Cl. The Morgan fingerprint density at radius 3 is 2.48 bits per heavy atom. The lowest BCUT2D eigenvalue weighted by Gasteiger charge is -2.56. The summed E-state index contributed by atoms with van der Waals surface area (Å²) in [4.78, 5) is 18.6. The van der Waals surface area contributed by atoms with Crippen LogP contribution in [0.1, 0.15) is 54.6 Å². The van der Waals surface area contributed by atoms with Crippen LogP contribution in [0.5, 0.6) is 0 Å². The smallest absolute Gasteiger partial charge is 0.267 e. The summed E-state index contributed by atoms with van der Waals surface area (Å²) in [5.41, 5.74) is 6.61. The molecule has 6 heteroatoms. The molecular weight excluding hydrogens is 362 g/mol. The number of ether oxygens (including phenoxy) is 1. The molecule has 1 aromatic rings. The van der Waals surface area contributed by atoms with Crippen LogP contribution in [0, 0.1) is 23.7 Å². The predicted octanol–water partition coefficient (Wildman–Crippen LogP) is 2.97. The van der Waals surface area contributed by atoms with E-state index in [2.05, 4.69) is 9.88 Å². The molecular formula is C21H30ClN3O2. The predicted molar refractivity (Wildman–Crippen MR) is 106 cm³/mol. The number of hydrogen-bond donors (Lipinski definition) is 1. The number of halogens is 1. The Kier molecular flexibility index (Phi) is 4.98. The normalized spacial score (nSPS) is 40.1. The summed E-state index contributed by atoms with van der Waals surface area (Å²) < 4.78 is 6.30. The number of carbonyl (C=O) groups excluding carboxylic acids is 1. The van der Waals surface area contributed by atoms with E-state index in [9.17, 15) is 4.79 Å². The summed E-state index contributed by atoms with van der Waals surface area (Å²) >= 11 is 0. The van der Waals surface area contributed by atoms with Crippen LogP contribution in [0.2, 0.25) is 0 Å². The highest BCUT2D eigenvalue weighted by molar-refractivity contribution is 5.90. The van der Waals surface area contributed by atoms with Gasteiger partial charge in [-0.3, -0.25) is 14.7 Å². The first-order valence-corrected chi connectivity index (χ1v) is 10.2. The molecule has 2 bridgehead atoms. The van der Waals surface area contributed by atoms with Gasteiger partial charge < -0.3 is 10.5 Å². The molecule has 0 radical (unpaired) electrons. The Labute approximate surface area is 167 Å². The fourth-order valence-corrected chi connectivity index (χ4v) is 6.48. The fourth-order valence-electron chi connectivity index (χ4n) is 6.48. The van der Waals surface area contributed by atoms with Crippen molar-refractivity contribution in [1.82, 2.24) is 9.88 Å². The van der Waals surface area contributed by atoms with Crippen LogP contribution in [-0.4, -0.2) is 42.0 Å². The molecule has 4 fully saturated rings. The van der Waals surface area contributed by atoms with Crippen LogP contribution >= 0.6 is 12.4 Å². The molecule has 6 atom stereocenters. The molecule has 3 saturated carbocycles. The molecule has 0 spiro atoms. The van der Waals surface area contributed by atoms with Crippen LogP contribution in [-0.2, 0) is 10.3 Å². The van der Waals surface area contributed by atoms with Gasteiger partial charge in [-0.25, -0.2) is 0 Å². The molecule has 0 aromatic carbocycles. The number of pyridine rings is 1. The van der Waals surface area contributed by atoms with Gasteiger partial charge in [-0.2, -0.15) is 0 Å². The fraction of sp³-hybridized carbons (Fsp3) is 0.714. The van der Waals surface area contributed by atoms with Crippen LogP contribution in [0.25, 0.3) is 0 Å². The third-order valence-electron chi connectivity index (χ3n) is 7.76. The second-order valence-electron chi connectivity index (χ2n) is 8.95. The molecule has 1 aliphatic heterocycles. The lowest BCUT2D eigenvalue weighted by atomic mass is 9.62. The summed E-state index contributed by atoms with van der Waals surface area (Å²) in [6.07, 6.45) is 9.66. The molecule has 5 rings (SSSR count). The van der Waals surface area contributed by atoms with Crippen molar-refractivity contribution in [3.63, 3.8) is 0 Å². The quantitative estimate of drug-likeness (QED) is 0.856. The Morgan fingerprint density at radius 2 is 1.89 bits per heavy atom. The van der Waals surface area contributed by atoms with Gasteiger partial charge in [-0.15, -0.1) is 12.4 Å². The molecule has 4 aliphatic rings. The van der Waals surface area contributed by atoms with E-state index < -0.39 is 5.91 Å². The highest BCUT2D eigenvalue weighted by atomic mass is 35.5. The zero-order valence-electron chi connectivity index (χ0n) is 16.0. The number of nitrogens with two attached hydrogens (primary N) is 1. The lowest BCUT2D eigenvalue weighted by molar-refractivity contribution is -0.174. The largest absolute Gasteiger partial charge is 0.373 e. The van der Waals surface area contributed by atoms with Gasteiger partial charge in [0, 0.05) is 44.3 Å². The van der Waals surface area contributed by atoms with Crippen LogP contribution in [0.4, 0.5) is 0 Å². The molecule has 148 valence electrons. The number of hydrogen-bond acceptors (Lipinski definition) is 4. The summed E-state index contributed by atoms with van der Waals surface area (Å²) in [7, 11) is 1.84. The number of piperidine rings is 1. The molecule has 1 saturated heterocycles. The van der Waals surface area contributed by atoms with Gasteiger partial charge in [-0.05, 0) is 61.6 Å². The van der Waals surface area contributed by atoms with E-state index in [4.69, 9.17) is 10.5 Å². The van der Waals surface area contributed by atoms with Gasteiger partial charge >= 0.3 is 0 Å². The lowest BCUT2D eigenvalue weighted by Crippen LogP contribution is -2.60. The minimum absolute atomic E-state index is 0. The first kappa shape index (κ1) is 19.2. The van der Waals surface area contributed by atoms with Crippen LogP contribution < -0.4 is 5.73 Å². The summed E-state index contributed by atoms with van der Waals surface area (Å²) in [5, 5.41) is 0. The van der Waals surface area contributed by atoms with Crippen molar-refractivity contribution in [2.75, 3.05) is 20.2 Å². The molecule has 1 aromatic heterocycles. The minimum atomic E-state index is -0.467. The van der Waals surface area contributed by atoms with Crippen molar-refractivity contribution in [3.05, 3.63) is 29.6 Å². The van der Waals surface area contributed by atoms with Crippen molar-refractivity contribution >= 4 is 18.3 Å². The van der Waals surface area contributed by atoms with Gasteiger partial charge in [0.05, 0.1) is 0 Å². The molecule has 3 aliphatic carbocycles. The van der Waals surface area contributed by atoms with Crippen LogP contribution in [0.15, 0.2) is 18.3 Å². The van der Waals surface area contributed by atoms with Crippen molar-refractivity contribution in [2.45, 2.75) is 50.2 Å². The maximum Gasteiger partial charge on any atom is 0.267 e. The standard InChI is InChI=1S/C21H29N3O2.ClH/c1-26-21(15-5-6-23-19(10-15)20(22)25)16-3-2-4-17(21)12-24(11-16)18-8-13-7-14(13)9-18;/h5-6,10,13-14,16-18H,2-4,7-9,11-12H2,1H3,(H2,22,25);1H/t13-,14+,16-,17+,18?,21?;. The third-order valence-corrected chi connectivity index (χ3v) is 7.76. The van der Waals surface area contributed by atoms with Gasteiger partial charge in [-0.1, -0.05) is 6.42 Å². The average Bonchev–Trinajstić information content (AvgIpc) is 3.25. The number of aromatic nitrogens is 1. The highest BCUT2D eigenvalue weighted by Gasteiger charge is 2.56. The number of rotatable bonds is 4. The Hall–Kier alpha value is -1.17. The molecule has 27 heavy (non-hydrogen) atoms. The number of primary amides is 1. The van der Waals surface area contributed by atoms with Crippen molar-refractivity contribution < 1.29 is 9.53 Å². The van der Waals surface area contributed by atoms with Gasteiger partial charge in [0.2, 0.25) is 0 Å². The van der Waals surface area contributed by atoms with E-state index >= 15 is 0 Å². The monoisotopic (exact) mass is 391 g/mol. The molecule has 1 amide bonds. The Bertz CT molecular complexity index is 703. The zero-order valence-corrected chi connectivity index (χ0v) is 16.8. The summed E-state index contributed by atoms with van der Waals surface area (Å²) in [6, 6.07) is 4.69. The van der Waals surface area contributed by atoms with E-state index in [0.717, 1.165) is 36.5 Å². The highest BCUT2D eigenvalue weighted by Crippen LogP contribution is 2.56. The van der Waals surface area contributed by atoms with Gasteiger partial charge in [0.15, 0.2) is 0 Å². The maximum absolute atomic E-state index is 11.6. The van der Waals surface area contributed by atoms with Crippen molar-refractivity contribution in [3.8, 4) is 0 Å². The second kappa shape index (κ2) is 7.02. The van der Waals surface area contributed by atoms with Gasteiger partial charge in [0.1, 0.15) is 11.3 Å². The minimum Gasteiger partial charge on any atom is -0.373 e. The number of carbonyl (C=O) groups is 1. The van der Waals surface area contributed by atoms with E-state index in [-0.39, 0.29) is 18.0 Å². The first-order chi connectivity index (χ1) is 12.6.